The number of hydrogen-bond donors (Lipinski definition) is 0. The third-order valence-electron chi connectivity index (χ3n) is 4.89. The average molecular weight is 338 g/mol. The standard InChI is InChI=1S/C22H14N2O2/c23-13-22(24-12-15-9-10-20-21(11-15)26-14-25-20)18-7-3-1-5-16(18)17-6-2-4-8-19(17)22/h1-12H,14H2. The third kappa shape index (κ3) is 1.98. The second-order valence-electron chi connectivity index (χ2n) is 6.28. The fourth-order valence-electron chi connectivity index (χ4n) is 3.67. The highest BCUT2D eigenvalue weighted by Crippen LogP contribution is 2.49. The zero-order valence-electron chi connectivity index (χ0n) is 13.8. The summed E-state index contributed by atoms with van der Waals surface area (Å²) >= 11 is 0. The van der Waals surface area contributed by atoms with E-state index in [4.69, 9.17) is 14.5 Å². The van der Waals surface area contributed by atoms with Gasteiger partial charge in [-0.15, -0.1) is 0 Å². The lowest BCUT2D eigenvalue weighted by Crippen LogP contribution is -2.20. The van der Waals surface area contributed by atoms with E-state index in [0.717, 1.165) is 33.6 Å². The molecule has 1 aliphatic carbocycles. The first kappa shape index (κ1) is 14.7. The van der Waals surface area contributed by atoms with Gasteiger partial charge < -0.3 is 9.47 Å². The maximum Gasteiger partial charge on any atom is 0.231 e. The summed E-state index contributed by atoms with van der Waals surface area (Å²) < 4.78 is 10.8. The fourth-order valence-corrected chi connectivity index (χ4v) is 3.67. The smallest absolute Gasteiger partial charge is 0.231 e. The van der Waals surface area contributed by atoms with Gasteiger partial charge in [-0.1, -0.05) is 48.5 Å². The Bertz CT molecular complexity index is 1050. The Hall–Kier alpha value is -3.58. The van der Waals surface area contributed by atoms with Crippen LogP contribution in [0.4, 0.5) is 0 Å². The Kier molecular flexibility index (Phi) is 3.10. The summed E-state index contributed by atoms with van der Waals surface area (Å²) in [5.74, 6) is 1.43. The second-order valence-corrected chi connectivity index (χ2v) is 6.28. The molecule has 0 N–H and O–H groups in total. The monoisotopic (exact) mass is 338 g/mol. The van der Waals surface area contributed by atoms with E-state index in [-0.39, 0.29) is 6.79 Å². The summed E-state index contributed by atoms with van der Waals surface area (Å²) in [7, 11) is 0. The van der Waals surface area contributed by atoms with E-state index in [9.17, 15) is 5.26 Å². The molecule has 0 saturated carbocycles. The van der Waals surface area contributed by atoms with Crippen LogP contribution in [0.3, 0.4) is 0 Å². The molecule has 4 nitrogen and oxygen atoms in total. The Labute approximate surface area is 151 Å². The Morgan fingerprint density at radius 3 is 2.23 bits per heavy atom. The van der Waals surface area contributed by atoms with E-state index in [2.05, 4.69) is 6.07 Å². The molecule has 3 aromatic carbocycles. The van der Waals surface area contributed by atoms with Crippen molar-refractivity contribution in [3.05, 3.63) is 83.4 Å². The predicted molar refractivity (Wildman–Crippen MR) is 98.4 cm³/mol. The Balaban J connectivity index is 1.66. The summed E-state index contributed by atoms with van der Waals surface area (Å²) in [6, 6.07) is 24.0. The Morgan fingerprint density at radius 2 is 1.54 bits per heavy atom. The van der Waals surface area contributed by atoms with Crippen molar-refractivity contribution in [3.63, 3.8) is 0 Å². The second kappa shape index (κ2) is 5.47. The molecule has 0 amide bonds. The highest BCUT2D eigenvalue weighted by molar-refractivity contribution is 5.87. The largest absolute Gasteiger partial charge is 0.454 e. The number of benzene rings is 3. The van der Waals surface area contributed by atoms with Crippen LogP contribution in [-0.4, -0.2) is 13.0 Å². The minimum absolute atomic E-state index is 0.235. The summed E-state index contributed by atoms with van der Waals surface area (Å²) in [6.45, 7) is 0.235. The molecule has 0 saturated heterocycles. The van der Waals surface area contributed by atoms with Crippen LogP contribution < -0.4 is 9.47 Å². The lowest BCUT2D eigenvalue weighted by molar-refractivity contribution is 0.174. The van der Waals surface area contributed by atoms with Crippen LogP contribution in [0.25, 0.3) is 11.1 Å². The highest BCUT2D eigenvalue weighted by Gasteiger charge is 2.43. The van der Waals surface area contributed by atoms with Gasteiger partial charge in [0.1, 0.15) is 6.07 Å². The van der Waals surface area contributed by atoms with Gasteiger partial charge in [-0.05, 0) is 34.9 Å². The molecule has 0 bridgehead atoms. The quantitative estimate of drug-likeness (QED) is 0.655. The summed E-state index contributed by atoms with van der Waals surface area (Å²) in [5, 5.41) is 10.1. The van der Waals surface area contributed by atoms with Gasteiger partial charge in [0.2, 0.25) is 6.79 Å². The van der Waals surface area contributed by atoms with Crippen molar-refractivity contribution in [3.8, 4) is 28.7 Å². The number of rotatable bonds is 2. The van der Waals surface area contributed by atoms with E-state index in [0.29, 0.717) is 5.75 Å². The number of aliphatic imine (C=N–C) groups is 1. The minimum atomic E-state index is -1.04. The Morgan fingerprint density at radius 1 is 0.885 bits per heavy atom. The summed E-state index contributed by atoms with van der Waals surface area (Å²) in [6.07, 6.45) is 1.74. The van der Waals surface area contributed by atoms with Crippen molar-refractivity contribution in [1.82, 2.24) is 0 Å². The van der Waals surface area contributed by atoms with Crippen molar-refractivity contribution in [2.45, 2.75) is 5.54 Å². The molecule has 4 heteroatoms. The normalized spacial score (nSPS) is 15.5. The molecule has 0 unspecified atom stereocenters. The van der Waals surface area contributed by atoms with Crippen LogP contribution >= 0.6 is 0 Å². The molecule has 26 heavy (non-hydrogen) atoms. The van der Waals surface area contributed by atoms with Gasteiger partial charge in [-0.2, -0.15) is 5.26 Å². The van der Waals surface area contributed by atoms with Crippen LogP contribution in [-0.2, 0) is 5.54 Å². The minimum Gasteiger partial charge on any atom is -0.454 e. The van der Waals surface area contributed by atoms with Crippen LogP contribution in [0.1, 0.15) is 16.7 Å². The van der Waals surface area contributed by atoms with E-state index >= 15 is 0 Å². The highest BCUT2D eigenvalue weighted by atomic mass is 16.7. The number of fused-ring (bicyclic) bond motifs is 4. The first-order valence-corrected chi connectivity index (χ1v) is 8.37. The van der Waals surface area contributed by atoms with Gasteiger partial charge >= 0.3 is 0 Å². The third-order valence-corrected chi connectivity index (χ3v) is 4.89. The van der Waals surface area contributed by atoms with Gasteiger partial charge in [-0.25, -0.2) is 0 Å². The molecule has 0 spiro atoms. The van der Waals surface area contributed by atoms with E-state index < -0.39 is 5.54 Å². The van der Waals surface area contributed by atoms with Crippen molar-refractivity contribution in [2.24, 2.45) is 4.99 Å². The van der Waals surface area contributed by atoms with Crippen LogP contribution in [0.5, 0.6) is 11.5 Å². The van der Waals surface area contributed by atoms with Crippen LogP contribution in [0, 0.1) is 11.3 Å². The topological polar surface area (TPSA) is 54.6 Å². The van der Waals surface area contributed by atoms with Gasteiger partial charge in [-0.3, -0.25) is 4.99 Å². The predicted octanol–water partition coefficient (Wildman–Crippen LogP) is 4.28. The zero-order chi connectivity index (χ0) is 17.6. The molecule has 124 valence electrons. The van der Waals surface area contributed by atoms with E-state index in [1.807, 2.05) is 66.7 Å². The summed E-state index contributed by atoms with van der Waals surface area (Å²) in [5.41, 5.74) is 3.79. The number of ether oxygens (including phenoxy) is 2. The molecule has 1 heterocycles. The van der Waals surface area contributed by atoms with E-state index in [1.54, 1.807) is 6.21 Å². The van der Waals surface area contributed by atoms with Crippen LogP contribution in [0.2, 0.25) is 0 Å². The number of nitrogens with zero attached hydrogens (tertiary/aromatic N) is 2. The fraction of sp³-hybridized carbons (Fsp3) is 0.0909. The molecular formula is C22H14N2O2. The molecular weight excluding hydrogens is 324 g/mol. The number of nitriles is 1. The molecule has 0 atom stereocenters. The zero-order valence-corrected chi connectivity index (χ0v) is 13.8. The van der Waals surface area contributed by atoms with Crippen LogP contribution in [0.15, 0.2) is 71.7 Å². The number of hydrogen-bond acceptors (Lipinski definition) is 4. The van der Waals surface area contributed by atoms with Gasteiger partial charge in [0, 0.05) is 17.3 Å². The van der Waals surface area contributed by atoms with Crippen molar-refractivity contribution >= 4 is 6.21 Å². The van der Waals surface area contributed by atoms with Crippen molar-refractivity contribution in [2.75, 3.05) is 6.79 Å². The molecule has 0 radical (unpaired) electrons. The van der Waals surface area contributed by atoms with Crippen molar-refractivity contribution < 1.29 is 9.47 Å². The molecule has 5 rings (SSSR count). The molecule has 2 aliphatic rings. The first-order valence-electron chi connectivity index (χ1n) is 8.37. The maximum atomic E-state index is 10.1. The van der Waals surface area contributed by atoms with Gasteiger partial charge in [0.25, 0.3) is 0 Å². The SMILES string of the molecule is N#CC1(N=Cc2ccc3c(c2)OCO3)c2ccccc2-c2ccccc21. The lowest BCUT2D eigenvalue weighted by Gasteiger charge is -2.19. The molecule has 0 fully saturated rings. The average Bonchev–Trinajstić information content (AvgIpc) is 3.27. The van der Waals surface area contributed by atoms with Crippen molar-refractivity contribution in [1.29, 1.82) is 5.26 Å². The molecule has 1 aliphatic heterocycles. The molecule has 3 aromatic rings. The van der Waals surface area contributed by atoms with Gasteiger partial charge in [0.05, 0.1) is 0 Å². The first-order chi connectivity index (χ1) is 12.8. The summed E-state index contributed by atoms with van der Waals surface area (Å²) in [4.78, 5) is 4.77. The molecule has 0 aromatic heterocycles. The van der Waals surface area contributed by atoms with Gasteiger partial charge in [0.15, 0.2) is 17.0 Å². The maximum absolute atomic E-state index is 10.1. The lowest BCUT2D eigenvalue weighted by atomic mass is 9.89. The van der Waals surface area contributed by atoms with E-state index in [1.165, 1.54) is 0 Å².